The zero-order valence-electron chi connectivity index (χ0n) is 9.85. The Hall–Kier alpha value is -2.27. The van der Waals surface area contributed by atoms with E-state index in [9.17, 15) is 4.79 Å². The van der Waals surface area contributed by atoms with Crippen molar-refractivity contribution in [1.82, 2.24) is 9.80 Å². The van der Waals surface area contributed by atoms with Crippen LogP contribution in [0.5, 0.6) is 0 Å². The standard InChI is InChI=1S/C9H11N3O.C2H3N/c1-7-5-8(6-10-2)12(4)9(13)11(7)3;1-2-3/h5-6H,1,3-4H3;1H3/b8-6-;. The van der Waals surface area contributed by atoms with Crippen LogP contribution in [0.1, 0.15) is 13.8 Å². The molecule has 84 valence electrons. The van der Waals surface area contributed by atoms with E-state index >= 15 is 0 Å². The Bertz CT molecular complexity index is 409. The Morgan fingerprint density at radius 2 is 2.00 bits per heavy atom. The highest BCUT2D eigenvalue weighted by Crippen LogP contribution is 2.18. The fourth-order valence-corrected chi connectivity index (χ4v) is 1.08. The van der Waals surface area contributed by atoms with Crippen molar-refractivity contribution in [2.45, 2.75) is 13.8 Å². The lowest BCUT2D eigenvalue weighted by Crippen LogP contribution is -2.40. The first-order valence-electron chi connectivity index (χ1n) is 4.56. The summed E-state index contributed by atoms with van der Waals surface area (Å²) in [7, 11) is 3.36. The maximum Gasteiger partial charge on any atom is 0.327 e. The molecule has 0 aliphatic carbocycles. The molecular weight excluding hydrogens is 204 g/mol. The smallest absolute Gasteiger partial charge is 0.307 e. The van der Waals surface area contributed by atoms with Gasteiger partial charge in [-0.3, -0.25) is 0 Å². The van der Waals surface area contributed by atoms with Crippen molar-refractivity contribution in [2.75, 3.05) is 14.1 Å². The molecule has 0 aromatic rings. The topological polar surface area (TPSA) is 51.7 Å². The number of carbonyl (C=O) groups excluding carboxylic acids is 1. The molecule has 1 rings (SSSR count). The van der Waals surface area contributed by atoms with Gasteiger partial charge in [-0.1, -0.05) is 0 Å². The summed E-state index contributed by atoms with van der Waals surface area (Å²) in [5.41, 5.74) is 1.48. The third-order valence-corrected chi connectivity index (χ3v) is 2.04. The van der Waals surface area contributed by atoms with E-state index in [0.717, 1.165) is 5.70 Å². The Morgan fingerprint density at radius 1 is 1.50 bits per heavy atom. The third-order valence-electron chi connectivity index (χ3n) is 2.04. The highest BCUT2D eigenvalue weighted by molar-refractivity contribution is 5.80. The average Bonchev–Trinajstić information content (AvgIpc) is 2.24. The first-order valence-corrected chi connectivity index (χ1v) is 4.56. The Balaban J connectivity index is 0.000000673. The second-order valence-corrected chi connectivity index (χ2v) is 3.09. The Morgan fingerprint density at radius 3 is 2.44 bits per heavy atom. The zero-order chi connectivity index (χ0) is 12.7. The van der Waals surface area contributed by atoms with Gasteiger partial charge in [0.25, 0.3) is 0 Å². The summed E-state index contributed by atoms with van der Waals surface area (Å²) in [4.78, 5) is 17.6. The number of carbonyl (C=O) groups is 1. The first kappa shape index (κ1) is 13.7. The van der Waals surface area contributed by atoms with Crippen LogP contribution in [-0.2, 0) is 0 Å². The fourth-order valence-electron chi connectivity index (χ4n) is 1.08. The number of likely N-dealkylation sites (N-methyl/N-ethyl adjacent to an activating group) is 1. The van der Waals surface area contributed by atoms with Crippen LogP contribution in [0.15, 0.2) is 23.7 Å². The summed E-state index contributed by atoms with van der Waals surface area (Å²) >= 11 is 0. The molecular formula is C11H14N4O. The molecule has 0 bridgehead atoms. The van der Waals surface area contributed by atoms with Gasteiger partial charge in [-0.15, -0.1) is 0 Å². The molecule has 0 spiro atoms. The van der Waals surface area contributed by atoms with Gasteiger partial charge in [0.15, 0.2) is 6.20 Å². The monoisotopic (exact) mass is 218 g/mol. The van der Waals surface area contributed by atoms with Crippen LogP contribution in [-0.4, -0.2) is 29.9 Å². The molecule has 2 amide bonds. The lowest BCUT2D eigenvalue weighted by atomic mass is 10.2. The van der Waals surface area contributed by atoms with Crippen LogP contribution in [0.25, 0.3) is 4.85 Å². The highest BCUT2D eigenvalue weighted by Gasteiger charge is 2.22. The lowest BCUT2D eigenvalue weighted by molar-refractivity contribution is 0.191. The fraction of sp³-hybridized carbons (Fsp3) is 0.364. The van der Waals surface area contributed by atoms with E-state index in [-0.39, 0.29) is 6.03 Å². The van der Waals surface area contributed by atoms with Gasteiger partial charge in [0.05, 0.1) is 12.6 Å². The van der Waals surface area contributed by atoms with Crippen molar-refractivity contribution in [2.24, 2.45) is 0 Å². The van der Waals surface area contributed by atoms with Gasteiger partial charge in [-0.25, -0.2) is 9.64 Å². The molecule has 0 saturated heterocycles. The van der Waals surface area contributed by atoms with Crippen molar-refractivity contribution in [3.8, 4) is 6.07 Å². The van der Waals surface area contributed by atoms with E-state index in [1.807, 2.05) is 6.92 Å². The zero-order valence-corrected chi connectivity index (χ0v) is 9.85. The number of amides is 2. The number of nitrogens with zero attached hydrogens (tertiary/aromatic N) is 4. The van der Waals surface area contributed by atoms with Crippen LogP contribution in [0.3, 0.4) is 0 Å². The molecule has 1 aliphatic heterocycles. The molecule has 0 atom stereocenters. The van der Waals surface area contributed by atoms with E-state index in [2.05, 4.69) is 4.85 Å². The molecule has 0 fully saturated rings. The van der Waals surface area contributed by atoms with Crippen LogP contribution in [0.4, 0.5) is 4.79 Å². The third kappa shape index (κ3) is 3.14. The van der Waals surface area contributed by atoms with Crippen LogP contribution in [0, 0.1) is 17.9 Å². The summed E-state index contributed by atoms with van der Waals surface area (Å²) in [5.74, 6) is 0. The summed E-state index contributed by atoms with van der Waals surface area (Å²) < 4.78 is 0. The minimum absolute atomic E-state index is 0.116. The number of rotatable bonds is 0. The summed E-state index contributed by atoms with van der Waals surface area (Å²) in [5, 5.41) is 7.32. The van der Waals surface area contributed by atoms with Gasteiger partial charge in [0, 0.05) is 32.4 Å². The molecule has 0 radical (unpaired) electrons. The van der Waals surface area contributed by atoms with Crippen LogP contribution >= 0.6 is 0 Å². The molecule has 0 aromatic heterocycles. The average molecular weight is 218 g/mol. The number of allylic oxidation sites excluding steroid dienone is 2. The first-order chi connectivity index (χ1) is 7.49. The molecule has 1 heterocycles. The van der Waals surface area contributed by atoms with E-state index in [0.29, 0.717) is 5.70 Å². The second kappa shape index (κ2) is 6.26. The minimum Gasteiger partial charge on any atom is -0.307 e. The molecule has 0 saturated carbocycles. The quantitative estimate of drug-likeness (QED) is 0.585. The van der Waals surface area contributed by atoms with Gasteiger partial charge < -0.3 is 9.80 Å². The Labute approximate surface area is 95.7 Å². The van der Waals surface area contributed by atoms with Gasteiger partial charge in [-0.2, -0.15) is 5.26 Å². The van der Waals surface area contributed by atoms with Crippen molar-refractivity contribution in [3.05, 3.63) is 35.1 Å². The molecule has 0 unspecified atom stereocenters. The lowest BCUT2D eigenvalue weighted by Gasteiger charge is -2.31. The maximum atomic E-state index is 11.5. The molecule has 0 N–H and O–H groups in total. The van der Waals surface area contributed by atoms with Gasteiger partial charge in [0.2, 0.25) is 0 Å². The minimum atomic E-state index is -0.116. The van der Waals surface area contributed by atoms with Gasteiger partial charge >= 0.3 is 6.03 Å². The summed E-state index contributed by atoms with van der Waals surface area (Å²) in [6.07, 6.45) is 3.15. The molecule has 0 aromatic carbocycles. The van der Waals surface area contributed by atoms with Crippen LogP contribution < -0.4 is 0 Å². The number of hydrogen-bond acceptors (Lipinski definition) is 2. The van der Waals surface area contributed by atoms with Crippen molar-refractivity contribution >= 4 is 6.03 Å². The van der Waals surface area contributed by atoms with E-state index in [4.69, 9.17) is 11.8 Å². The SMILES string of the molecule is CC#N.[C-]#[N+]/C=C1/C=C(C)N(C)C(=O)N1C. The van der Waals surface area contributed by atoms with Gasteiger partial charge in [-0.05, 0) is 13.0 Å². The van der Waals surface area contributed by atoms with Gasteiger partial charge in [0.1, 0.15) is 0 Å². The normalized spacial score (nSPS) is 17.0. The van der Waals surface area contributed by atoms with Crippen molar-refractivity contribution < 1.29 is 4.79 Å². The van der Waals surface area contributed by atoms with E-state index in [1.54, 1.807) is 31.1 Å². The molecule has 5 nitrogen and oxygen atoms in total. The molecule has 1 aliphatic rings. The summed E-state index contributed by atoms with van der Waals surface area (Å²) in [6.45, 7) is 9.95. The maximum absolute atomic E-state index is 11.5. The summed E-state index contributed by atoms with van der Waals surface area (Å²) in [6, 6.07) is 1.63. The predicted octanol–water partition coefficient (Wildman–Crippen LogP) is 2.18. The number of nitriles is 1. The largest absolute Gasteiger partial charge is 0.327 e. The highest BCUT2D eigenvalue weighted by atomic mass is 16.2. The van der Waals surface area contributed by atoms with E-state index in [1.165, 1.54) is 18.0 Å². The predicted molar refractivity (Wildman–Crippen MR) is 60.7 cm³/mol. The number of hydrogen-bond donors (Lipinski definition) is 0. The Kier molecular flexibility index (Phi) is 5.37. The van der Waals surface area contributed by atoms with E-state index < -0.39 is 0 Å². The second-order valence-electron chi connectivity index (χ2n) is 3.09. The van der Waals surface area contributed by atoms with Crippen molar-refractivity contribution in [3.63, 3.8) is 0 Å². The molecule has 16 heavy (non-hydrogen) atoms. The number of urea groups is 1. The molecule has 5 heteroatoms. The van der Waals surface area contributed by atoms with Crippen molar-refractivity contribution in [1.29, 1.82) is 5.26 Å². The van der Waals surface area contributed by atoms with Crippen LogP contribution in [0.2, 0.25) is 0 Å².